The van der Waals surface area contributed by atoms with Gasteiger partial charge in [0.25, 0.3) is 0 Å². The van der Waals surface area contributed by atoms with E-state index in [0.717, 1.165) is 16.7 Å². The fraction of sp³-hybridized carbons (Fsp3) is 0.143. The smallest absolute Gasteiger partial charge is 0.233 e. The third-order valence-corrected chi connectivity index (χ3v) is 3.47. The normalized spacial score (nSPS) is 21.5. The Hall–Kier alpha value is -1.67. The van der Waals surface area contributed by atoms with Gasteiger partial charge in [-0.2, -0.15) is 0 Å². The number of benzene rings is 1. The molecule has 1 atom stereocenters. The first kappa shape index (κ1) is 10.5. The van der Waals surface area contributed by atoms with Crippen molar-refractivity contribution < 1.29 is 9.59 Å². The highest BCUT2D eigenvalue weighted by atomic mass is 35.5. The van der Waals surface area contributed by atoms with Gasteiger partial charge in [0.15, 0.2) is 5.78 Å². The summed E-state index contributed by atoms with van der Waals surface area (Å²) in [5, 5.41) is -0.429. The first-order chi connectivity index (χ1) is 8.20. The molecule has 1 unspecified atom stereocenters. The van der Waals surface area contributed by atoms with Crippen LogP contribution in [0.25, 0.3) is 5.57 Å². The van der Waals surface area contributed by atoms with Crippen LogP contribution in [0.4, 0.5) is 0 Å². The zero-order valence-corrected chi connectivity index (χ0v) is 9.70. The van der Waals surface area contributed by atoms with Crippen LogP contribution in [0.3, 0.4) is 0 Å². The maximum Gasteiger partial charge on any atom is 0.233 e. The van der Waals surface area contributed by atoms with Crippen molar-refractivity contribution in [2.75, 3.05) is 0 Å². The molecule has 0 heterocycles. The summed E-state index contributed by atoms with van der Waals surface area (Å²) < 4.78 is 0. The average Bonchev–Trinajstić information content (AvgIpc) is 2.64. The molecule has 1 aromatic rings. The molecule has 0 fully saturated rings. The summed E-state index contributed by atoms with van der Waals surface area (Å²) in [5.74, 6) is -0.418. The maximum atomic E-state index is 11.9. The number of carbonyl (C=O) groups excluding carboxylic acids is 2. The van der Waals surface area contributed by atoms with Crippen LogP contribution in [0.1, 0.15) is 23.5 Å². The van der Waals surface area contributed by atoms with E-state index in [1.165, 1.54) is 0 Å². The van der Waals surface area contributed by atoms with Crippen molar-refractivity contribution in [1.82, 2.24) is 0 Å². The van der Waals surface area contributed by atoms with Gasteiger partial charge in [-0.15, -0.1) is 0 Å². The third kappa shape index (κ3) is 1.41. The summed E-state index contributed by atoms with van der Waals surface area (Å²) in [7, 11) is 0. The monoisotopic (exact) mass is 244 g/mol. The number of rotatable bonds is 1. The molecule has 0 saturated carbocycles. The lowest BCUT2D eigenvalue weighted by molar-refractivity contribution is -0.113. The average molecular weight is 245 g/mol. The van der Waals surface area contributed by atoms with Crippen LogP contribution in [-0.4, -0.2) is 11.0 Å². The molecule has 2 nitrogen and oxygen atoms in total. The zero-order valence-electron chi connectivity index (χ0n) is 8.94. The number of Topliss-reactive ketones (excluding diaryl/α,β-unsaturated/α-hetero) is 1. The second-order valence-corrected chi connectivity index (χ2v) is 4.56. The fourth-order valence-electron chi connectivity index (χ4n) is 2.57. The van der Waals surface area contributed by atoms with Gasteiger partial charge in [0.05, 0.1) is 5.92 Å². The molecule has 0 N–H and O–H groups in total. The van der Waals surface area contributed by atoms with Gasteiger partial charge in [-0.1, -0.05) is 36.4 Å². The Balaban J connectivity index is 2.30. The van der Waals surface area contributed by atoms with Gasteiger partial charge in [-0.25, -0.2) is 0 Å². The van der Waals surface area contributed by atoms with Gasteiger partial charge in [0, 0.05) is 12.0 Å². The predicted octanol–water partition coefficient (Wildman–Crippen LogP) is 2.83. The second kappa shape index (κ2) is 3.67. The lowest BCUT2D eigenvalue weighted by Gasteiger charge is -2.11. The highest BCUT2D eigenvalue weighted by Gasteiger charge is 2.37. The Bertz CT molecular complexity index is 596. The van der Waals surface area contributed by atoms with E-state index in [2.05, 4.69) is 0 Å². The van der Waals surface area contributed by atoms with Crippen molar-refractivity contribution >= 4 is 28.2 Å². The van der Waals surface area contributed by atoms with Crippen LogP contribution in [0, 0.1) is 0 Å². The minimum absolute atomic E-state index is 0.0652. The van der Waals surface area contributed by atoms with E-state index >= 15 is 0 Å². The molecule has 0 radical (unpaired) electrons. The lowest BCUT2D eigenvalue weighted by atomic mass is 9.93. The second-order valence-electron chi connectivity index (χ2n) is 4.18. The van der Waals surface area contributed by atoms with Crippen LogP contribution in [-0.2, 0) is 9.59 Å². The molecule has 0 amide bonds. The predicted molar refractivity (Wildman–Crippen MR) is 65.7 cm³/mol. The standard InChI is InChI=1S/C14H9ClO2/c15-14(17)13-9-5-2-1-4-8(9)12-10(13)6-3-7-11(12)16/h1-6,13H,7H2. The number of fused-ring (bicyclic) bond motifs is 2. The van der Waals surface area contributed by atoms with Crippen molar-refractivity contribution in [2.45, 2.75) is 12.3 Å². The lowest BCUT2D eigenvalue weighted by Crippen LogP contribution is -2.08. The topological polar surface area (TPSA) is 34.1 Å². The summed E-state index contributed by atoms with van der Waals surface area (Å²) in [6.07, 6.45) is 4.04. The molecule has 3 rings (SSSR count). The molecule has 17 heavy (non-hydrogen) atoms. The molecule has 0 bridgehead atoms. The first-order valence-corrected chi connectivity index (χ1v) is 5.80. The van der Waals surface area contributed by atoms with Gasteiger partial charge < -0.3 is 0 Å². The molecular weight excluding hydrogens is 236 g/mol. The van der Waals surface area contributed by atoms with Crippen LogP contribution in [0.5, 0.6) is 0 Å². The summed E-state index contributed by atoms with van der Waals surface area (Å²) in [5.41, 5.74) is 3.12. The van der Waals surface area contributed by atoms with E-state index < -0.39 is 11.2 Å². The van der Waals surface area contributed by atoms with Crippen LogP contribution >= 0.6 is 11.6 Å². The SMILES string of the molecule is O=C1CC=CC2=C1c1ccccc1C2C(=O)Cl. The Labute approximate surface area is 104 Å². The Morgan fingerprint density at radius 2 is 2.06 bits per heavy atom. The van der Waals surface area contributed by atoms with Crippen molar-refractivity contribution in [2.24, 2.45) is 0 Å². The van der Waals surface area contributed by atoms with Crippen LogP contribution < -0.4 is 0 Å². The van der Waals surface area contributed by atoms with E-state index in [1.54, 1.807) is 6.08 Å². The van der Waals surface area contributed by atoms with Gasteiger partial charge in [-0.05, 0) is 28.3 Å². The minimum atomic E-state index is -0.483. The largest absolute Gasteiger partial charge is 0.294 e. The number of halogens is 1. The van der Waals surface area contributed by atoms with Gasteiger partial charge >= 0.3 is 0 Å². The Morgan fingerprint density at radius 1 is 1.29 bits per heavy atom. The summed E-state index contributed by atoms with van der Waals surface area (Å²) in [4.78, 5) is 23.5. The number of carbonyl (C=O) groups is 2. The van der Waals surface area contributed by atoms with E-state index in [4.69, 9.17) is 11.6 Å². The molecular formula is C14H9ClO2. The molecule has 2 aliphatic rings. The highest BCUT2D eigenvalue weighted by molar-refractivity contribution is 6.65. The van der Waals surface area contributed by atoms with E-state index in [-0.39, 0.29) is 5.78 Å². The third-order valence-electron chi connectivity index (χ3n) is 3.25. The zero-order chi connectivity index (χ0) is 12.0. The maximum absolute atomic E-state index is 11.9. The molecule has 84 valence electrons. The Morgan fingerprint density at radius 3 is 2.82 bits per heavy atom. The van der Waals surface area contributed by atoms with Crippen molar-refractivity contribution in [3.05, 3.63) is 53.1 Å². The van der Waals surface area contributed by atoms with Gasteiger partial charge in [-0.3, -0.25) is 9.59 Å². The highest BCUT2D eigenvalue weighted by Crippen LogP contribution is 2.45. The van der Waals surface area contributed by atoms with E-state index in [1.807, 2.05) is 30.3 Å². The van der Waals surface area contributed by atoms with Crippen LogP contribution in [0.15, 0.2) is 42.0 Å². The molecule has 1 aromatic carbocycles. The van der Waals surface area contributed by atoms with Gasteiger partial charge in [0.1, 0.15) is 0 Å². The summed E-state index contributed by atoms with van der Waals surface area (Å²) in [6.45, 7) is 0. The van der Waals surface area contributed by atoms with Crippen LogP contribution in [0.2, 0.25) is 0 Å². The molecule has 0 spiro atoms. The fourth-order valence-corrected chi connectivity index (χ4v) is 2.81. The quantitative estimate of drug-likeness (QED) is 0.712. The van der Waals surface area contributed by atoms with E-state index in [0.29, 0.717) is 12.0 Å². The number of hydrogen-bond acceptors (Lipinski definition) is 2. The van der Waals surface area contributed by atoms with Crippen molar-refractivity contribution in [1.29, 1.82) is 0 Å². The Kier molecular flexibility index (Phi) is 2.26. The molecule has 0 aromatic heterocycles. The molecule has 2 aliphatic carbocycles. The van der Waals surface area contributed by atoms with E-state index in [9.17, 15) is 9.59 Å². The summed E-state index contributed by atoms with van der Waals surface area (Å²) >= 11 is 5.66. The minimum Gasteiger partial charge on any atom is -0.294 e. The van der Waals surface area contributed by atoms with Gasteiger partial charge in [0.2, 0.25) is 5.24 Å². The molecule has 0 aliphatic heterocycles. The number of ketones is 1. The molecule has 3 heteroatoms. The number of allylic oxidation sites excluding steroid dienone is 4. The molecule has 0 saturated heterocycles. The summed E-state index contributed by atoms with van der Waals surface area (Å²) in [6, 6.07) is 7.47. The number of hydrogen-bond donors (Lipinski definition) is 0. The first-order valence-electron chi connectivity index (χ1n) is 5.42. The van der Waals surface area contributed by atoms with Crippen molar-refractivity contribution in [3.8, 4) is 0 Å². The van der Waals surface area contributed by atoms with Crippen molar-refractivity contribution in [3.63, 3.8) is 0 Å².